The van der Waals surface area contributed by atoms with Gasteiger partial charge in [-0.3, -0.25) is 9.10 Å². The fourth-order valence-corrected chi connectivity index (χ4v) is 4.69. The molecule has 144 valence electrons. The number of rotatable bonds is 5. The summed E-state index contributed by atoms with van der Waals surface area (Å²) in [7, 11) is -0.275. The van der Waals surface area contributed by atoms with Crippen molar-refractivity contribution in [2.75, 3.05) is 36.1 Å². The first-order valence-electron chi connectivity index (χ1n) is 8.59. The maximum Gasteiger partial charge on any atom is 0.259 e. The minimum Gasteiger partial charge on any atom is -0.493 e. The molecule has 0 spiro atoms. The summed E-state index contributed by atoms with van der Waals surface area (Å²) in [4.78, 5) is 12.6. The fraction of sp³-hybridized carbons (Fsp3) is 0.316. The molecular weight excluding hydrogens is 368 g/mol. The molecule has 0 radical (unpaired) electrons. The summed E-state index contributed by atoms with van der Waals surface area (Å²) in [6, 6.07) is 11.8. The lowest BCUT2D eigenvalue weighted by Gasteiger charge is -2.28. The molecule has 3 rings (SSSR count). The Bertz CT molecular complexity index is 926. The average molecular weight is 390 g/mol. The lowest BCUT2D eigenvalue weighted by molar-refractivity contribution is 0.102. The predicted octanol–water partition coefficient (Wildman–Crippen LogP) is 2.89. The second-order valence-electron chi connectivity index (χ2n) is 6.14. The molecular formula is C19H22N2O5S. The molecule has 0 saturated carbocycles. The molecule has 1 saturated heterocycles. The van der Waals surface area contributed by atoms with E-state index in [2.05, 4.69) is 5.32 Å². The van der Waals surface area contributed by atoms with Crippen LogP contribution in [-0.2, 0) is 10.0 Å². The van der Waals surface area contributed by atoms with Gasteiger partial charge in [0.15, 0.2) is 11.5 Å². The Balaban J connectivity index is 1.78. The second-order valence-corrected chi connectivity index (χ2v) is 8.15. The third-order valence-corrected chi connectivity index (χ3v) is 6.28. The number of nitrogens with one attached hydrogen (secondary N) is 1. The van der Waals surface area contributed by atoms with Gasteiger partial charge in [0.1, 0.15) is 0 Å². The highest BCUT2D eigenvalue weighted by Crippen LogP contribution is 2.31. The number of hydrogen-bond donors (Lipinski definition) is 1. The van der Waals surface area contributed by atoms with Crippen molar-refractivity contribution in [3.05, 3.63) is 48.0 Å². The highest BCUT2D eigenvalue weighted by molar-refractivity contribution is 7.92. The average Bonchev–Trinajstić information content (AvgIpc) is 2.67. The van der Waals surface area contributed by atoms with Crippen LogP contribution in [0.15, 0.2) is 42.5 Å². The van der Waals surface area contributed by atoms with Crippen LogP contribution in [0.1, 0.15) is 23.2 Å². The van der Waals surface area contributed by atoms with Crippen molar-refractivity contribution in [3.63, 3.8) is 0 Å². The van der Waals surface area contributed by atoms with Crippen molar-refractivity contribution in [2.24, 2.45) is 0 Å². The topological polar surface area (TPSA) is 84.9 Å². The largest absolute Gasteiger partial charge is 0.493 e. The fourth-order valence-electron chi connectivity index (χ4n) is 3.05. The number of carbonyl (C=O) groups excluding carboxylic acids is 1. The first-order chi connectivity index (χ1) is 13.0. The first kappa shape index (κ1) is 19.0. The first-order valence-corrected chi connectivity index (χ1v) is 10.2. The van der Waals surface area contributed by atoms with E-state index in [0.29, 0.717) is 41.4 Å². The van der Waals surface area contributed by atoms with Crippen LogP contribution in [0.5, 0.6) is 11.5 Å². The molecule has 0 aliphatic carbocycles. The number of carbonyl (C=O) groups is 1. The summed E-state index contributed by atoms with van der Waals surface area (Å²) in [6.45, 7) is 0.481. The van der Waals surface area contributed by atoms with E-state index in [1.54, 1.807) is 42.5 Å². The summed E-state index contributed by atoms with van der Waals surface area (Å²) >= 11 is 0. The van der Waals surface area contributed by atoms with E-state index in [-0.39, 0.29) is 11.7 Å². The zero-order chi connectivity index (χ0) is 19.4. The zero-order valence-electron chi connectivity index (χ0n) is 15.3. The Hall–Kier alpha value is -2.74. The number of anilines is 2. The summed E-state index contributed by atoms with van der Waals surface area (Å²) in [6.07, 6.45) is 1.53. The Morgan fingerprint density at radius 3 is 2.41 bits per heavy atom. The van der Waals surface area contributed by atoms with Gasteiger partial charge in [0, 0.05) is 12.2 Å². The minimum atomic E-state index is -3.26. The van der Waals surface area contributed by atoms with E-state index < -0.39 is 10.0 Å². The number of nitrogens with zero attached hydrogens (tertiary/aromatic N) is 1. The molecule has 2 aromatic carbocycles. The Kier molecular flexibility index (Phi) is 5.55. The van der Waals surface area contributed by atoms with Crippen LogP contribution in [0.2, 0.25) is 0 Å². The third-order valence-electron chi connectivity index (χ3n) is 4.41. The van der Waals surface area contributed by atoms with Crippen LogP contribution in [0.3, 0.4) is 0 Å². The van der Waals surface area contributed by atoms with Crippen LogP contribution < -0.4 is 19.1 Å². The van der Waals surface area contributed by atoms with Gasteiger partial charge in [-0.1, -0.05) is 6.07 Å². The summed E-state index contributed by atoms with van der Waals surface area (Å²) in [5.74, 6) is 0.648. The molecule has 0 unspecified atom stereocenters. The Morgan fingerprint density at radius 1 is 1.04 bits per heavy atom. The smallest absolute Gasteiger partial charge is 0.259 e. The van der Waals surface area contributed by atoms with Gasteiger partial charge < -0.3 is 14.8 Å². The van der Waals surface area contributed by atoms with Crippen LogP contribution in [0.25, 0.3) is 0 Å². The highest BCUT2D eigenvalue weighted by atomic mass is 32.2. The van der Waals surface area contributed by atoms with E-state index in [9.17, 15) is 13.2 Å². The normalized spacial score (nSPS) is 15.9. The number of ether oxygens (including phenoxy) is 2. The predicted molar refractivity (Wildman–Crippen MR) is 104 cm³/mol. The SMILES string of the molecule is COc1cccc(C(=O)Nc2ccc(N3CCCCS3(=O)=O)cc2)c1OC. The molecule has 0 aromatic heterocycles. The standard InChI is InChI=1S/C19H22N2O5S/c1-25-17-7-5-6-16(18(17)26-2)19(22)20-14-8-10-15(11-9-14)21-12-3-4-13-27(21,23)24/h5-11H,3-4,12-13H2,1-2H3,(H,20,22). The molecule has 0 bridgehead atoms. The van der Waals surface area contributed by atoms with E-state index >= 15 is 0 Å². The quantitative estimate of drug-likeness (QED) is 0.849. The van der Waals surface area contributed by atoms with Gasteiger partial charge in [-0.05, 0) is 49.2 Å². The number of methoxy groups -OCH3 is 2. The number of amides is 1. The van der Waals surface area contributed by atoms with Crippen molar-refractivity contribution < 1.29 is 22.7 Å². The van der Waals surface area contributed by atoms with Gasteiger partial charge in [0.05, 0.1) is 31.2 Å². The summed E-state index contributed by atoms with van der Waals surface area (Å²) in [5, 5.41) is 2.79. The molecule has 1 aliphatic rings. The molecule has 1 heterocycles. The van der Waals surface area contributed by atoms with E-state index in [1.165, 1.54) is 18.5 Å². The van der Waals surface area contributed by atoms with E-state index in [1.807, 2.05) is 0 Å². The van der Waals surface area contributed by atoms with E-state index in [4.69, 9.17) is 9.47 Å². The van der Waals surface area contributed by atoms with Crippen LogP contribution in [-0.4, -0.2) is 40.8 Å². The summed E-state index contributed by atoms with van der Waals surface area (Å²) in [5.41, 5.74) is 1.51. The Labute approximate surface area is 158 Å². The Morgan fingerprint density at radius 2 is 1.78 bits per heavy atom. The van der Waals surface area contributed by atoms with Crippen molar-refractivity contribution in [1.29, 1.82) is 0 Å². The summed E-state index contributed by atoms with van der Waals surface area (Å²) < 4.78 is 36.3. The molecule has 1 aliphatic heterocycles. The molecule has 0 atom stereocenters. The van der Waals surface area contributed by atoms with Gasteiger partial charge >= 0.3 is 0 Å². The maximum atomic E-state index is 12.6. The van der Waals surface area contributed by atoms with Crippen molar-refractivity contribution >= 4 is 27.3 Å². The maximum absolute atomic E-state index is 12.6. The van der Waals surface area contributed by atoms with Gasteiger partial charge in [-0.15, -0.1) is 0 Å². The van der Waals surface area contributed by atoms with Crippen molar-refractivity contribution in [2.45, 2.75) is 12.8 Å². The zero-order valence-corrected chi connectivity index (χ0v) is 16.1. The monoisotopic (exact) mass is 390 g/mol. The molecule has 1 N–H and O–H groups in total. The lowest BCUT2D eigenvalue weighted by atomic mass is 10.1. The molecule has 27 heavy (non-hydrogen) atoms. The third kappa shape index (κ3) is 4.00. The molecule has 2 aromatic rings. The van der Waals surface area contributed by atoms with Crippen LogP contribution >= 0.6 is 0 Å². The number of benzene rings is 2. The van der Waals surface area contributed by atoms with Crippen molar-refractivity contribution in [1.82, 2.24) is 0 Å². The van der Waals surface area contributed by atoms with Gasteiger partial charge in [-0.25, -0.2) is 8.42 Å². The number of hydrogen-bond acceptors (Lipinski definition) is 5. The molecule has 1 fully saturated rings. The van der Waals surface area contributed by atoms with Crippen LogP contribution in [0, 0.1) is 0 Å². The second kappa shape index (κ2) is 7.87. The van der Waals surface area contributed by atoms with E-state index in [0.717, 1.165) is 6.42 Å². The minimum absolute atomic E-state index is 0.168. The molecule has 7 nitrogen and oxygen atoms in total. The van der Waals surface area contributed by atoms with Gasteiger partial charge in [0.25, 0.3) is 5.91 Å². The van der Waals surface area contributed by atoms with Gasteiger partial charge in [0.2, 0.25) is 10.0 Å². The van der Waals surface area contributed by atoms with Crippen molar-refractivity contribution in [3.8, 4) is 11.5 Å². The molecule has 8 heteroatoms. The molecule has 1 amide bonds. The highest BCUT2D eigenvalue weighted by Gasteiger charge is 2.26. The number of para-hydroxylation sites is 1. The number of sulfonamides is 1. The van der Waals surface area contributed by atoms with Gasteiger partial charge in [-0.2, -0.15) is 0 Å². The van der Waals surface area contributed by atoms with Crippen LogP contribution in [0.4, 0.5) is 11.4 Å². The lowest BCUT2D eigenvalue weighted by Crippen LogP contribution is -2.37.